The molecule has 3 heteroatoms. The van der Waals surface area contributed by atoms with Gasteiger partial charge in [0.2, 0.25) is 0 Å². The molecule has 0 saturated carbocycles. The second-order valence-corrected chi connectivity index (χ2v) is 4.90. The van der Waals surface area contributed by atoms with E-state index in [-0.39, 0.29) is 12.0 Å². The molecule has 0 radical (unpaired) electrons. The van der Waals surface area contributed by atoms with E-state index in [1.54, 1.807) is 12.1 Å². The van der Waals surface area contributed by atoms with Gasteiger partial charge in [-0.2, -0.15) is 0 Å². The predicted molar refractivity (Wildman–Crippen MR) is 67.0 cm³/mol. The van der Waals surface area contributed by atoms with E-state index in [0.29, 0.717) is 11.6 Å². The minimum absolute atomic E-state index is 0.147. The molecule has 0 saturated heterocycles. The largest absolute Gasteiger partial charge is 0.493 e. The van der Waals surface area contributed by atoms with Crippen molar-refractivity contribution in [3.05, 3.63) is 29.3 Å². The molecule has 1 atom stereocenters. The molecule has 0 spiro atoms. The Balaban J connectivity index is 2.52. The van der Waals surface area contributed by atoms with E-state index in [2.05, 4.69) is 6.92 Å². The Morgan fingerprint density at radius 2 is 1.94 bits per heavy atom. The van der Waals surface area contributed by atoms with E-state index in [4.69, 9.17) is 16.3 Å². The summed E-state index contributed by atoms with van der Waals surface area (Å²) < 4.78 is 5.65. The molecule has 0 aliphatic rings. The molecule has 0 heterocycles. The normalized spacial score (nSPS) is 14.5. The lowest BCUT2D eigenvalue weighted by molar-refractivity contribution is 0.0734. The fourth-order valence-electron chi connectivity index (χ4n) is 1.59. The van der Waals surface area contributed by atoms with Crippen molar-refractivity contribution in [2.75, 3.05) is 13.2 Å². The predicted octanol–water partition coefficient (Wildman–Crippen LogP) is 3.52. The molecule has 0 aliphatic heterocycles. The third-order valence-corrected chi connectivity index (χ3v) is 2.89. The zero-order chi connectivity index (χ0) is 12.0. The van der Waals surface area contributed by atoms with E-state index < -0.39 is 0 Å². The Hall–Kier alpha value is -0.730. The Morgan fingerprint density at radius 3 is 2.44 bits per heavy atom. The minimum atomic E-state index is -0.158. The van der Waals surface area contributed by atoms with Crippen molar-refractivity contribution in [2.24, 2.45) is 5.41 Å². The molecule has 0 bridgehead atoms. The van der Waals surface area contributed by atoms with E-state index in [9.17, 15) is 5.11 Å². The third kappa shape index (κ3) is 4.03. The maximum absolute atomic E-state index is 9.34. The average Bonchev–Trinajstić information content (AvgIpc) is 2.29. The molecule has 1 unspecified atom stereocenters. The average molecular weight is 243 g/mol. The first-order valence-corrected chi connectivity index (χ1v) is 5.97. The van der Waals surface area contributed by atoms with Crippen molar-refractivity contribution in [3.8, 4) is 5.75 Å². The molecule has 0 fully saturated rings. The van der Waals surface area contributed by atoms with Gasteiger partial charge in [0.15, 0.2) is 0 Å². The SMILES string of the molecule is CCCC(C)(CO)COc1ccc(Cl)cc1. The van der Waals surface area contributed by atoms with E-state index in [1.807, 2.05) is 19.1 Å². The van der Waals surface area contributed by atoms with Gasteiger partial charge in [-0.25, -0.2) is 0 Å². The molecule has 0 aromatic heterocycles. The highest BCUT2D eigenvalue weighted by atomic mass is 35.5. The smallest absolute Gasteiger partial charge is 0.119 e. The first-order chi connectivity index (χ1) is 7.59. The van der Waals surface area contributed by atoms with Crippen LogP contribution in [0.15, 0.2) is 24.3 Å². The lowest BCUT2D eigenvalue weighted by atomic mass is 9.88. The van der Waals surface area contributed by atoms with Gasteiger partial charge in [-0.3, -0.25) is 0 Å². The van der Waals surface area contributed by atoms with Crippen LogP contribution in [0, 0.1) is 5.41 Å². The summed E-state index contributed by atoms with van der Waals surface area (Å²) in [6, 6.07) is 7.28. The Bertz CT molecular complexity index is 310. The molecule has 90 valence electrons. The van der Waals surface area contributed by atoms with Crippen molar-refractivity contribution in [3.63, 3.8) is 0 Å². The second-order valence-electron chi connectivity index (χ2n) is 4.46. The van der Waals surface area contributed by atoms with Crippen LogP contribution in [0.2, 0.25) is 5.02 Å². The number of aliphatic hydroxyl groups excluding tert-OH is 1. The first kappa shape index (κ1) is 13.3. The summed E-state index contributed by atoms with van der Waals surface area (Å²) in [7, 11) is 0. The Labute approximate surface area is 102 Å². The van der Waals surface area contributed by atoms with Gasteiger partial charge in [-0.05, 0) is 30.7 Å². The zero-order valence-corrected chi connectivity index (χ0v) is 10.6. The van der Waals surface area contributed by atoms with Crippen LogP contribution in [0.4, 0.5) is 0 Å². The summed E-state index contributed by atoms with van der Waals surface area (Å²) in [5.74, 6) is 0.792. The summed E-state index contributed by atoms with van der Waals surface area (Å²) in [6.45, 7) is 4.82. The Kier molecular flexibility index (Phi) is 5.10. The first-order valence-electron chi connectivity index (χ1n) is 5.59. The van der Waals surface area contributed by atoms with E-state index in [1.165, 1.54) is 0 Å². The van der Waals surface area contributed by atoms with Crippen molar-refractivity contribution < 1.29 is 9.84 Å². The van der Waals surface area contributed by atoms with Gasteiger partial charge in [-0.1, -0.05) is 31.9 Å². The lowest BCUT2D eigenvalue weighted by Gasteiger charge is -2.26. The molecular weight excluding hydrogens is 224 g/mol. The molecule has 1 N–H and O–H groups in total. The van der Waals surface area contributed by atoms with Gasteiger partial charge in [0.1, 0.15) is 5.75 Å². The number of hydrogen-bond acceptors (Lipinski definition) is 2. The topological polar surface area (TPSA) is 29.5 Å². The van der Waals surface area contributed by atoms with Gasteiger partial charge >= 0.3 is 0 Å². The van der Waals surface area contributed by atoms with Crippen LogP contribution < -0.4 is 4.74 Å². The zero-order valence-electron chi connectivity index (χ0n) is 9.87. The summed E-state index contributed by atoms with van der Waals surface area (Å²) >= 11 is 5.78. The standard InChI is InChI=1S/C13H19ClO2/c1-3-8-13(2,9-15)10-16-12-6-4-11(14)5-7-12/h4-7,15H,3,8-10H2,1-2H3. The molecule has 16 heavy (non-hydrogen) atoms. The highest BCUT2D eigenvalue weighted by Crippen LogP contribution is 2.24. The summed E-state index contributed by atoms with van der Waals surface area (Å²) in [4.78, 5) is 0. The van der Waals surface area contributed by atoms with Gasteiger partial charge in [0.05, 0.1) is 13.2 Å². The maximum atomic E-state index is 9.34. The summed E-state index contributed by atoms with van der Waals surface area (Å²) in [6.07, 6.45) is 2.00. The number of ether oxygens (including phenoxy) is 1. The molecule has 1 aromatic rings. The highest BCUT2D eigenvalue weighted by Gasteiger charge is 2.23. The van der Waals surface area contributed by atoms with Gasteiger partial charge in [0, 0.05) is 10.4 Å². The molecule has 0 amide bonds. The molecular formula is C13H19ClO2. The molecule has 1 aromatic carbocycles. The summed E-state index contributed by atoms with van der Waals surface area (Å²) in [5, 5.41) is 10.0. The maximum Gasteiger partial charge on any atom is 0.119 e. The van der Waals surface area contributed by atoms with Crippen LogP contribution in [0.1, 0.15) is 26.7 Å². The van der Waals surface area contributed by atoms with Gasteiger partial charge in [-0.15, -0.1) is 0 Å². The van der Waals surface area contributed by atoms with Crippen LogP contribution in [-0.2, 0) is 0 Å². The van der Waals surface area contributed by atoms with Crippen LogP contribution >= 0.6 is 11.6 Å². The van der Waals surface area contributed by atoms with Crippen LogP contribution in [0.25, 0.3) is 0 Å². The van der Waals surface area contributed by atoms with Crippen molar-refractivity contribution in [1.82, 2.24) is 0 Å². The summed E-state index contributed by atoms with van der Waals surface area (Å²) in [5.41, 5.74) is -0.158. The van der Waals surface area contributed by atoms with Crippen LogP contribution in [-0.4, -0.2) is 18.3 Å². The van der Waals surface area contributed by atoms with Crippen LogP contribution in [0.5, 0.6) is 5.75 Å². The fourth-order valence-corrected chi connectivity index (χ4v) is 1.71. The van der Waals surface area contributed by atoms with Crippen LogP contribution in [0.3, 0.4) is 0 Å². The van der Waals surface area contributed by atoms with Crippen molar-refractivity contribution >= 4 is 11.6 Å². The molecule has 0 aliphatic carbocycles. The second kappa shape index (κ2) is 6.12. The lowest BCUT2D eigenvalue weighted by Crippen LogP contribution is -2.29. The number of aliphatic hydroxyl groups is 1. The van der Waals surface area contributed by atoms with Crippen molar-refractivity contribution in [2.45, 2.75) is 26.7 Å². The highest BCUT2D eigenvalue weighted by molar-refractivity contribution is 6.30. The number of rotatable bonds is 6. The van der Waals surface area contributed by atoms with Gasteiger partial charge < -0.3 is 9.84 Å². The number of hydrogen-bond donors (Lipinski definition) is 1. The molecule has 1 rings (SSSR count). The third-order valence-electron chi connectivity index (χ3n) is 2.64. The number of halogens is 1. The minimum Gasteiger partial charge on any atom is -0.493 e. The van der Waals surface area contributed by atoms with E-state index in [0.717, 1.165) is 18.6 Å². The quantitative estimate of drug-likeness (QED) is 0.827. The van der Waals surface area contributed by atoms with E-state index >= 15 is 0 Å². The van der Waals surface area contributed by atoms with Crippen molar-refractivity contribution in [1.29, 1.82) is 0 Å². The molecule has 2 nitrogen and oxygen atoms in total. The monoisotopic (exact) mass is 242 g/mol. The fraction of sp³-hybridized carbons (Fsp3) is 0.538. The number of benzene rings is 1. The van der Waals surface area contributed by atoms with Gasteiger partial charge in [0.25, 0.3) is 0 Å². The Morgan fingerprint density at radius 1 is 1.31 bits per heavy atom.